The maximum absolute atomic E-state index is 9.57. The summed E-state index contributed by atoms with van der Waals surface area (Å²) in [6.07, 6.45) is 0. The van der Waals surface area contributed by atoms with Crippen LogP contribution in [0.5, 0.6) is 17.4 Å². The van der Waals surface area contributed by atoms with Crippen molar-refractivity contribution in [3.8, 4) is 40.6 Å². The highest BCUT2D eigenvalue weighted by Gasteiger charge is 2.25. The van der Waals surface area contributed by atoms with Crippen LogP contribution in [0.2, 0.25) is 0 Å². The van der Waals surface area contributed by atoms with E-state index in [0.717, 1.165) is 0 Å². The second-order valence-electron chi connectivity index (χ2n) is 4.72. The molecule has 2 rings (SSSR count). The van der Waals surface area contributed by atoms with Crippen LogP contribution in [0, 0.1) is 22.7 Å². The molecule has 1 aromatic heterocycles. The molecule has 0 amide bonds. The molecule has 0 atom stereocenters. The van der Waals surface area contributed by atoms with Crippen molar-refractivity contribution in [3.05, 3.63) is 29.3 Å². The molecule has 0 fully saturated rings. The molecule has 0 unspecified atom stereocenters. The monoisotopic (exact) mass is 325 g/mol. The molecular formula is C17H17N4O3+. The molecule has 1 heterocycles. The van der Waals surface area contributed by atoms with E-state index in [4.69, 9.17) is 19.9 Å². The third-order valence-electron chi connectivity index (χ3n) is 3.43. The fraction of sp³-hybridized carbons (Fsp3) is 0.235. The number of methoxy groups -OCH3 is 2. The quantitative estimate of drug-likeness (QED) is 0.897. The Balaban J connectivity index is 2.82. The Hall–Kier alpha value is -3.45. The Morgan fingerprint density at radius 1 is 1.08 bits per heavy atom. The number of hydrogen-bond acceptors (Lipinski definition) is 6. The SMILES string of the molecule is CCOc1[nH+]c(N)c(C#N)c(-c2ccc(OC)c(OC)c2)c1C#N. The maximum atomic E-state index is 9.57. The van der Waals surface area contributed by atoms with E-state index >= 15 is 0 Å². The Morgan fingerprint density at radius 3 is 2.29 bits per heavy atom. The zero-order valence-electron chi connectivity index (χ0n) is 13.6. The normalized spacial score (nSPS) is 9.71. The van der Waals surface area contributed by atoms with E-state index in [-0.39, 0.29) is 22.8 Å². The number of hydrogen-bond donors (Lipinski definition) is 1. The average Bonchev–Trinajstić information content (AvgIpc) is 2.60. The molecule has 2 aromatic rings. The van der Waals surface area contributed by atoms with E-state index < -0.39 is 0 Å². The van der Waals surface area contributed by atoms with Crippen LogP contribution in [0.15, 0.2) is 18.2 Å². The summed E-state index contributed by atoms with van der Waals surface area (Å²) in [5, 5.41) is 19.0. The van der Waals surface area contributed by atoms with Gasteiger partial charge in [0.25, 0.3) is 5.82 Å². The van der Waals surface area contributed by atoms with E-state index in [1.165, 1.54) is 14.2 Å². The molecule has 0 bridgehead atoms. The van der Waals surface area contributed by atoms with Crippen LogP contribution in [-0.4, -0.2) is 20.8 Å². The number of anilines is 1. The fourth-order valence-corrected chi connectivity index (χ4v) is 2.38. The number of pyridine rings is 1. The molecule has 122 valence electrons. The summed E-state index contributed by atoms with van der Waals surface area (Å²) in [5.74, 6) is 1.37. The number of ether oxygens (including phenoxy) is 3. The van der Waals surface area contributed by atoms with Crippen LogP contribution in [0.1, 0.15) is 18.1 Å². The van der Waals surface area contributed by atoms with E-state index in [9.17, 15) is 10.5 Å². The first-order valence-electron chi connectivity index (χ1n) is 7.15. The number of benzene rings is 1. The van der Waals surface area contributed by atoms with Gasteiger partial charge in [0.1, 0.15) is 17.7 Å². The second kappa shape index (κ2) is 7.21. The van der Waals surface area contributed by atoms with Gasteiger partial charge in [-0.15, -0.1) is 0 Å². The van der Waals surface area contributed by atoms with Gasteiger partial charge in [0.2, 0.25) is 0 Å². The summed E-state index contributed by atoms with van der Waals surface area (Å²) in [4.78, 5) is 2.76. The fourth-order valence-electron chi connectivity index (χ4n) is 2.38. The van der Waals surface area contributed by atoms with Gasteiger partial charge in [-0.2, -0.15) is 10.5 Å². The first kappa shape index (κ1) is 16.9. The summed E-state index contributed by atoms with van der Waals surface area (Å²) in [6.45, 7) is 2.14. The van der Waals surface area contributed by atoms with Crippen molar-refractivity contribution in [1.29, 1.82) is 10.5 Å². The summed E-state index contributed by atoms with van der Waals surface area (Å²) in [5.41, 5.74) is 7.29. The highest BCUT2D eigenvalue weighted by atomic mass is 16.5. The number of nitrogens with zero attached hydrogens (tertiary/aromatic N) is 2. The van der Waals surface area contributed by atoms with Crippen LogP contribution < -0.4 is 24.9 Å². The highest BCUT2D eigenvalue weighted by Crippen LogP contribution is 2.37. The molecule has 0 radical (unpaired) electrons. The van der Waals surface area contributed by atoms with Crippen molar-refractivity contribution in [2.75, 3.05) is 26.6 Å². The molecule has 3 N–H and O–H groups in total. The number of nitriles is 2. The number of aromatic amines is 1. The summed E-state index contributed by atoms with van der Waals surface area (Å²) in [6, 6.07) is 9.23. The largest absolute Gasteiger partial charge is 0.493 e. The van der Waals surface area contributed by atoms with Gasteiger partial charge >= 0.3 is 5.88 Å². The molecule has 0 aliphatic rings. The Labute approximate surface area is 139 Å². The van der Waals surface area contributed by atoms with E-state index in [2.05, 4.69) is 11.1 Å². The molecule has 7 nitrogen and oxygen atoms in total. The van der Waals surface area contributed by atoms with Gasteiger partial charge in [0.15, 0.2) is 17.1 Å². The third kappa shape index (κ3) is 2.88. The Morgan fingerprint density at radius 2 is 1.75 bits per heavy atom. The van der Waals surface area contributed by atoms with Gasteiger partial charge in [-0.25, -0.2) is 4.98 Å². The molecule has 0 saturated heterocycles. The van der Waals surface area contributed by atoms with Crippen LogP contribution in [0.4, 0.5) is 5.82 Å². The second-order valence-corrected chi connectivity index (χ2v) is 4.72. The summed E-state index contributed by atoms with van der Waals surface area (Å²) < 4.78 is 16.0. The smallest absolute Gasteiger partial charge is 0.301 e. The number of H-pyrrole nitrogens is 1. The molecule has 24 heavy (non-hydrogen) atoms. The van der Waals surface area contributed by atoms with Crippen LogP contribution >= 0.6 is 0 Å². The predicted octanol–water partition coefficient (Wildman–Crippen LogP) is 1.91. The van der Waals surface area contributed by atoms with Gasteiger partial charge in [-0.05, 0) is 24.6 Å². The van der Waals surface area contributed by atoms with Gasteiger partial charge in [-0.3, -0.25) is 5.73 Å². The van der Waals surface area contributed by atoms with Gasteiger partial charge < -0.3 is 14.2 Å². The maximum Gasteiger partial charge on any atom is 0.301 e. The first-order chi connectivity index (χ1) is 11.6. The van der Waals surface area contributed by atoms with Crippen LogP contribution in [-0.2, 0) is 0 Å². The standard InChI is InChI=1S/C17H16N4O3/c1-4-24-17-12(9-19)15(11(8-18)16(20)21-17)10-5-6-13(22-2)14(7-10)23-3/h5-7H,4H2,1-3H3,(H2,20,21)/p+1. The molecule has 0 saturated carbocycles. The third-order valence-corrected chi connectivity index (χ3v) is 3.43. The van der Waals surface area contributed by atoms with Crippen molar-refractivity contribution in [1.82, 2.24) is 0 Å². The van der Waals surface area contributed by atoms with Crippen molar-refractivity contribution in [3.63, 3.8) is 0 Å². The van der Waals surface area contributed by atoms with Crippen LogP contribution in [0.3, 0.4) is 0 Å². The number of aromatic nitrogens is 1. The molecule has 0 spiro atoms. The minimum Gasteiger partial charge on any atom is -0.493 e. The zero-order chi connectivity index (χ0) is 17.7. The topological polar surface area (TPSA) is 115 Å². The Kier molecular flexibility index (Phi) is 5.08. The first-order valence-corrected chi connectivity index (χ1v) is 7.15. The number of nitrogens with two attached hydrogens (primary N) is 1. The molecule has 1 aromatic carbocycles. The predicted molar refractivity (Wildman–Crippen MR) is 86.5 cm³/mol. The van der Waals surface area contributed by atoms with E-state index in [0.29, 0.717) is 29.2 Å². The van der Waals surface area contributed by atoms with Gasteiger partial charge in [0, 0.05) is 5.56 Å². The lowest BCUT2D eigenvalue weighted by Crippen LogP contribution is -2.19. The number of rotatable bonds is 5. The van der Waals surface area contributed by atoms with E-state index in [1.54, 1.807) is 25.1 Å². The van der Waals surface area contributed by atoms with E-state index in [1.807, 2.05) is 6.07 Å². The minimum absolute atomic E-state index is 0.129. The minimum atomic E-state index is 0.129. The molecule has 7 heteroatoms. The lowest BCUT2D eigenvalue weighted by atomic mass is 9.96. The summed E-state index contributed by atoms with van der Waals surface area (Å²) >= 11 is 0. The lowest BCUT2D eigenvalue weighted by molar-refractivity contribution is -0.377. The van der Waals surface area contributed by atoms with Crippen molar-refractivity contribution in [2.24, 2.45) is 0 Å². The molecular weight excluding hydrogens is 308 g/mol. The number of nitrogen functional groups attached to an aromatic ring is 1. The highest BCUT2D eigenvalue weighted by molar-refractivity contribution is 5.81. The molecule has 0 aliphatic carbocycles. The van der Waals surface area contributed by atoms with Crippen molar-refractivity contribution >= 4 is 5.82 Å². The summed E-state index contributed by atoms with van der Waals surface area (Å²) in [7, 11) is 3.04. The number of nitrogens with one attached hydrogen (secondary N) is 1. The zero-order valence-corrected chi connectivity index (χ0v) is 13.6. The van der Waals surface area contributed by atoms with Crippen molar-refractivity contribution in [2.45, 2.75) is 6.92 Å². The van der Waals surface area contributed by atoms with Crippen molar-refractivity contribution < 1.29 is 19.2 Å². The van der Waals surface area contributed by atoms with Gasteiger partial charge in [0.05, 0.1) is 20.8 Å². The average molecular weight is 325 g/mol. The van der Waals surface area contributed by atoms with Gasteiger partial charge in [-0.1, -0.05) is 6.07 Å². The molecule has 0 aliphatic heterocycles. The van der Waals surface area contributed by atoms with Crippen LogP contribution in [0.25, 0.3) is 11.1 Å². The Bertz CT molecular complexity index is 850. The lowest BCUT2D eigenvalue weighted by Gasteiger charge is -2.13.